The summed E-state index contributed by atoms with van der Waals surface area (Å²) in [7, 11) is 0. The maximum absolute atomic E-state index is 6.16. The fourth-order valence-electron chi connectivity index (χ4n) is 3.21. The van der Waals surface area contributed by atoms with Crippen LogP contribution in [0.15, 0.2) is 0 Å². The van der Waals surface area contributed by atoms with Crippen molar-refractivity contribution in [3.05, 3.63) is 0 Å². The summed E-state index contributed by atoms with van der Waals surface area (Å²) in [6.45, 7) is 14.0. The van der Waals surface area contributed by atoms with Gasteiger partial charge < -0.3 is 10.5 Å². The van der Waals surface area contributed by atoms with E-state index in [1.807, 2.05) is 0 Å². The molecule has 4 atom stereocenters. The smallest absolute Gasteiger partial charge is 0.0678 e. The van der Waals surface area contributed by atoms with Gasteiger partial charge in [-0.2, -0.15) is 0 Å². The Bertz CT molecular complexity index is 231. The van der Waals surface area contributed by atoms with Gasteiger partial charge in [0.25, 0.3) is 0 Å². The van der Waals surface area contributed by atoms with Gasteiger partial charge in [-0.05, 0) is 32.6 Å². The Balaban J connectivity index is 2.81. The van der Waals surface area contributed by atoms with Crippen molar-refractivity contribution in [1.29, 1.82) is 0 Å². The molecule has 0 aromatic carbocycles. The molecule has 2 unspecified atom stereocenters. The maximum atomic E-state index is 6.16. The van der Waals surface area contributed by atoms with E-state index >= 15 is 0 Å². The monoisotopic (exact) mass is 256 g/mol. The fourth-order valence-corrected chi connectivity index (χ4v) is 3.21. The van der Waals surface area contributed by atoms with Crippen molar-refractivity contribution < 1.29 is 4.74 Å². The zero-order valence-electron chi connectivity index (χ0n) is 12.9. The summed E-state index contributed by atoms with van der Waals surface area (Å²) in [5.41, 5.74) is 6.33. The Kier molecular flexibility index (Phi) is 6.09. The lowest BCUT2D eigenvalue weighted by molar-refractivity contribution is -0.106. The molecule has 1 heterocycles. The van der Waals surface area contributed by atoms with Crippen LogP contribution in [0.3, 0.4) is 0 Å². The third-order valence-electron chi connectivity index (χ3n) is 4.55. The second kappa shape index (κ2) is 6.88. The van der Waals surface area contributed by atoms with E-state index in [1.165, 1.54) is 12.8 Å². The summed E-state index contributed by atoms with van der Waals surface area (Å²) >= 11 is 0. The van der Waals surface area contributed by atoms with Crippen molar-refractivity contribution in [1.82, 2.24) is 4.90 Å². The molecule has 0 aliphatic carbocycles. The summed E-state index contributed by atoms with van der Waals surface area (Å²) in [6, 6.07) is 0. The van der Waals surface area contributed by atoms with E-state index in [0.29, 0.717) is 12.2 Å². The molecule has 0 saturated carbocycles. The Morgan fingerprint density at radius 1 is 1.28 bits per heavy atom. The number of nitrogens with zero attached hydrogens (tertiary/aromatic N) is 1. The minimum atomic E-state index is 0.168. The lowest BCUT2D eigenvalue weighted by Gasteiger charge is -2.49. The minimum absolute atomic E-state index is 0.168. The molecule has 18 heavy (non-hydrogen) atoms. The molecule has 3 nitrogen and oxygen atoms in total. The van der Waals surface area contributed by atoms with Gasteiger partial charge in [0.05, 0.1) is 12.2 Å². The van der Waals surface area contributed by atoms with Crippen LogP contribution in [-0.4, -0.2) is 42.3 Å². The first-order chi connectivity index (χ1) is 8.47. The van der Waals surface area contributed by atoms with Crippen molar-refractivity contribution in [3.63, 3.8) is 0 Å². The SMILES string of the molecule is CCC(C)CC(CC)(CN)N1C[C@@H](C)O[C@@H](C)C1. The molecule has 1 aliphatic heterocycles. The zero-order chi connectivity index (χ0) is 13.8. The number of rotatable bonds is 6. The first kappa shape index (κ1) is 15.9. The Morgan fingerprint density at radius 2 is 1.83 bits per heavy atom. The highest BCUT2D eigenvalue weighted by Crippen LogP contribution is 2.31. The Labute approximate surface area is 113 Å². The van der Waals surface area contributed by atoms with Crippen LogP contribution in [-0.2, 0) is 4.74 Å². The van der Waals surface area contributed by atoms with Crippen LogP contribution in [0.25, 0.3) is 0 Å². The van der Waals surface area contributed by atoms with E-state index < -0.39 is 0 Å². The first-order valence-electron chi connectivity index (χ1n) is 7.58. The van der Waals surface area contributed by atoms with Gasteiger partial charge in [-0.3, -0.25) is 4.90 Å². The average molecular weight is 256 g/mol. The first-order valence-corrected chi connectivity index (χ1v) is 7.58. The van der Waals surface area contributed by atoms with E-state index in [-0.39, 0.29) is 5.54 Å². The van der Waals surface area contributed by atoms with Crippen LogP contribution in [0.1, 0.15) is 53.9 Å². The molecule has 1 aliphatic rings. The Morgan fingerprint density at radius 3 is 2.22 bits per heavy atom. The van der Waals surface area contributed by atoms with Crippen molar-refractivity contribution in [2.45, 2.75) is 71.6 Å². The molecule has 0 amide bonds. The minimum Gasteiger partial charge on any atom is -0.373 e. The van der Waals surface area contributed by atoms with E-state index in [2.05, 4.69) is 39.5 Å². The van der Waals surface area contributed by atoms with Crippen molar-refractivity contribution in [3.8, 4) is 0 Å². The van der Waals surface area contributed by atoms with E-state index in [0.717, 1.165) is 32.0 Å². The topological polar surface area (TPSA) is 38.5 Å². The predicted octanol–water partition coefficient (Wildman–Crippen LogP) is 2.64. The number of hydrogen-bond acceptors (Lipinski definition) is 3. The highest BCUT2D eigenvalue weighted by Gasteiger charge is 2.38. The van der Waals surface area contributed by atoms with Crippen molar-refractivity contribution >= 4 is 0 Å². The maximum Gasteiger partial charge on any atom is 0.0678 e. The van der Waals surface area contributed by atoms with Crippen molar-refractivity contribution in [2.24, 2.45) is 11.7 Å². The molecule has 0 radical (unpaired) electrons. The van der Waals surface area contributed by atoms with Crippen LogP contribution in [0.2, 0.25) is 0 Å². The molecule has 0 aromatic rings. The van der Waals surface area contributed by atoms with Crippen LogP contribution < -0.4 is 5.73 Å². The summed E-state index contributed by atoms with van der Waals surface area (Å²) in [6.07, 6.45) is 4.21. The average Bonchev–Trinajstić information content (AvgIpc) is 2.34. The zero-order valence-corrected chi connectivity index (χ0v) is 12.9. The molecule has 2 N–H and O–H groups in total. The molecule has 1 saturated heterocycles. The second-order valence-corrected chi connectivity index (χ2v) is 6.16. The molecule has 0 aromatic heterocycles. The van der Waals surface area contributed by atoms with Gasteiger partial charge in [0.2, 0.25) is 0 Å². The molecular weight excluding hydrogens is 224 g/mol. The van der Waals surface area contributed by atoms with Crippen LogP contribution in [0.4, 0.5) is 0 Å². The third-order valence-corrected chi connectivity index (χ3v) is 4.55. The quantitative estimate of drug-likeness (QED) is 0.794. The van der Waals surface area contributed by atoms with Crippen LogP contribution in [0.5, 0.6) is 0 Å². The van der Waals surface area contributed by atoms with Crippen LogP contribution >= 0.6 is 0 Å². The summed E-state index contributed by atoms with van der Waals surface area (Å²) in [4.78, 5) is 2.60. The number of ether oxygens (including phenoxy) is 1. The van der Waals surface area contributed by atoms with E-state index in [4.69, 9.17) is 10.5 Å². The Hall–Kier alpha value is -0.120. The second-order valence-electron chi connectivity index (χ2n) is 6.16. The van der Waals surface area contributed by atoms with Crippen LogP contribution in [0, 0.1) is 5.92 Å². The number of nitrogens with two attached hydrogens (primary N) is 1. The van der Waals surface area contributed by atoms with E-state index in [1.54, 1.807) is 0 Å². The van der Waals surface area contributed by atoms with Gasteiger partial charge >= 0.3 is 0 Å². The van der Waals surface area contributed by atoms with Gasteiger partial charge in [0.15, 0.2) is 0 Å². The standard InChI is InChI=1S/C15H32N2O/c1-6-12(3)8-15(7-2,11-16)17-9-13(4)18-14(5)10-17/h12-14H,6-11,16H2,1-5H3/t12?,13-,14+,15?. The highest BCUT2D eigenvalue weighted by molar-refractivity contribution is 4.94. The lowest BCUT2D eigenvalue weighted by atomic mass is 9.82. The fraction of sp³-hybridized carbons (Fsp3) is 1.00. The molecule has 0 spiro atoms. The molecule has 1 rings (SSSR count). The van der Waals surface area contributed by atoms with Gasteiger partial charge in [0.1, 0.15) is 0 Å². The van der Waals surface area contributed by atoms with Crippen molar-refractivity contribution in [2.75, 3.05) is 19.6 Å². The van der Waals surface area contributed by atoms with Gasteiger partial charge in [-0.1, -0.05) is 27.2 Å². The molecule has 0 bridgehead atoms. The summed E-state index contributed by atoms with van der Waals surface area (Å²) in [5, 5.41) is 0. The largest absolute Gasteiger partial charge is 0.373 e. The lowest BCUT2D eigenvalue weighted by Crippen LogP contribution is -2.60. The van der Waals surface area contributed by atoms with Gasteiger partial charge in [-0.15, -0.1) is 0 Å². The number of morpholine rings is 1. The molecule has 108 valence electrons. The predicted molar refractivity (Wildman–Crippen MR) is 77.7 cm³/mol. The normalized spacial score (nSPS) is 31.0. The summed E-state index contributed by atoms with van der Waals surface area (Å²) < 4.78 is 5.85. The third kappa shape index (κ3) is 3.69. The molecular formula is C15H32N2O. The van der Waals surface area contributed by atoms with Gasteiger partial charge in [-0.25, -0.2) is 0 Å². The number of hydrogen-bond donors (Lipinski definition) is 1. The molecule has 3 heteroatoms. The van der Waals surface area contributed by atoms with Gasteiger partial charge in [0, 0.05) is 25.2 Å². The summed E-state index contributed by atoms with van der Waals surface area (Å²) in [5.74, 6) is 0.738. The molecule has 1 fully saturated rings. The van der Waals surface area contributed by atoms with E-state index in [9.17, 15) is 0 Å². The highest BCUT2D eigenvalue weighted by atomic mass is 16.5.